The molecular formula is C10H14N2O5. The second-order valence-corrected chi connectivity index (χ2v) is 3.39. The van der Waals surface area contributed by atoms with Gasteiger partial charge in [-0.05, 0) is 6.92 Å². The average molecular weight is 242 g/mol. The quantitative estimate of drug-likeness (QED) is 0.300. The van der Waals surface area contributed by atoms with E-state index in [1.165, 1.54) is 6.92 Å². The molecule has 1 aliphatic heterocycles. The highest BCUT2D eigenvalue weighted by atomic mass is 16.6. The zero-order chi connectivity index (χ0) is 12.8. The summed E-state index contributed by atoms with van der Waals surface area (Å²) in [4.78, 5) is 38.5. The first-order valence-electron chi connectivity index (χ1n) is 5.25. The van der Waals surface area contributed by atoms with Gasteiger partial charge in [0.2, 0.25) is 11.8 Å². The Bertz CT molecular complexity index is 364. The van der Waals surface area contributed by atoms with Crippen molar-refractivity contribution in [3.05, 3.63) is 0 Å². The molecule has 0 radical (unpaired) electrons. The summed E-state index contributed by atoms with van der Waals surface area (Å²) >= 11 is 0. The van der Waals surface area contributed by atoms with Crippen LogP contribution in [0.2, 0.25) is 0 Å². The first kappa shape index (κ1) is 13.1. The molecule has 0 spiro atoms. The zero-order valence-corrected chi connectivity index (χ0v) is 9.69. The number of hydrogen-bond donors (Lipinski definition) is 1. The van der Waals surface area contributed by atoms with Crippen LogP contribution in [-0.4, -0.2) is 42.6 Å². The third-order valence-corrected chi connectivity index (χ3v) is 2.07. The van der Waals surface area contributed by atoms with Crippen LogP contribution in [-0.2, 0) is 24.0 Å². The molecule has 0 saturated carbocycles. The molecule has 0 aliphatic carbocycles. The van der Waals surface area contributed by atoms with Gasteiger partial charge in [0.25, 0.3) is 5.91 Å². The number of ketones is 1. The Morgan fingerprint density at radius 1 is 1.53 bits per heavy atom. The Kier molecular flexibility index (Phi) is 4.62. The summed E-state index contributed by atoms with van der Waals surface area (Å²) in [6.45, 7) is 3.41. The van der Waals surface area contributed by atoms with Crippen molar-refractivity contribution in [2.75, 3.05) is 13.2 Å². The predicted molar refractivity (Wildman–Crippen MR) is 57.2 cm³/mol. The van der Waals surface area contributed by atoms with Crippen LogP contribution in [0.3, 0.4) is 0 Å². The molecule has 1 N–H and O–H groups in total. The number of Topliss-reactive ketones (excluding diaryl/α,β-unsaturated/α-hetero) is 1. The van der Waals surface area contributed by atoms with E-state index in [9.17, 15) is 14.4 Å². The highest BCUT2D eigenvalue weighted by molar-refractivity contribution is 6.63. The third-order valence-electron chi connectivity index (χ3n) is 2.07. The molecule has 1 aliphatic rings. The Morgan fingerprint density at radius 3 is 2.71 bits per heavy atom. The number of carbonyl (C=O) groups excluding carboxylic acids is 3. The van der Waals surface area contributed by atoms with E-state index in [2.05, 4.69) is 15.2 Å². The monoisotopic (exact) mass is 242 g/mol. The molecule has 1 rings (SSSR count). The van der Waals surface area contributed by atoms with E-state index in [4.69, 9.17) is 4.84 Å². The van der Waals surface area contributed by atoms with Crippen molar-refractivity contribution in [3.63, 3.8) is 0 Å². The smallest absolute Gasteiger partial charge is 0.364 e. The van der Waals surface area contributed by atoms with Gasteiger partial charge in [-0.1, -0.05) is 5.16 Å². The lowest BCUT2D eigenvalue weighted by Gasteiger charge is -2.06. The van der Waals surface area contributed by atoms with E-state index in [1.54, 1.807) is 6.92 Å². The lowest BCUT2D eigenvalue weighted by Crippen LogP contribution is -2.28. The van der Waals surface area contributed by atoms with Crippen molar-refractivity contribution >= 4 is 23.4 Å². The van der Waals surface area contributed by atoms with Gasteiger partial charge in [0.1, 0.15) is 0 Å². The van der Waals surface area contributed by atoms with E-state index < -0.39 is 23.6 Å². The molecule has 1 atom stereocenters. The van der Waals surface area contributed by atoms with Crippen LogP contribution in [0.15, 0.2) is 5.16 Å². The SMILES string of the molecule is CCOC(=O)/C(=N\OC1CCNC1=O)C(C)=O. The van der Waals surface area contributed by atoms with E-state index in [1.807, 2.05) is 0 Å². The molecule has 7 nitrogen and oxygen atoms in total. The Hall–Kier alpha value is -1.92. The molecule has 0 aromatic heterocycles. The van der Waals surface area contributed by atoms with Crippen LogP contribution in [0, 0.1) is 0 Å². The fourth-order valence-electron chi connectivity index (χ4n) is 1.23. The number of rotatable bonds is 5. The Morgan fingerprint density at radius 2 is 2.24 bits per heavy atom. The van der Waals surface area contributed by atoms with Crippen molar-refractivity contribution < 1.29 is 24.0 Å². The normalized spacial score (nSPS) is 19.8. The fraction of sp³-hybridized carbons (Fsp3) is 0.600. The number of hydrogen-bond acceptors (Lipinski definition) is 6. The number of esters is 1. The van der Waals surface area contributed by atoms with Gasteiger partial charge in [0.05, 0.1) is 6.61 Å². The summed E-state index contributed by atoms with van der Waals surface area (Å²) in [7, 11) is 0. The van der Waals surface area contributed by atoms with Crippen molar-refractivity contribution in [1.29, 1.82) is 0 Å². The number of amides is 1. The second-order valence-electron chi connectivity index (χ2n) is 3.39. The minimum Gasteiger partial charge on any atom is -0.461 e. The molecule has 1 fully saturated rings. The molecule has 17 heavy (non-hydrogen) atoms. The summed E-state index contributed by atoms with van der Waals surface area (Å²) < 4.78 is 4.64. The highest BCUT2D eigenvalue weighted by Gasteiger charge is 2.27. The van der Waals surface area contributed by atoms with Gasteiger partial charge in [-0.25, -0.2) is 4.79 Å². The van der Waals surface area contributed by atoms with Crippen LogP contribution < -0.4 is 5.32 Å². The standard InChI is InChI=1S/C10H14N2O5/c1-3-16-10(15)8(6(2)13)12-17-7-4-5-11-9(7)14/h7H,3-5H2,1-2H3,(H,11,14)/b12-8-. The van der Waals surface area contributed by atoms with Gasteiger partial charge in [-0.15, -0.1) is 0 Å². The molecule has 0 bridgehead atoms. The number of ether oxygens (including phenoxy) is 1. The van der Waals surface area contributed by atoms with E-state index in [-0.39, 0.29) is 12.5 Å². The maximum Gasteiger partial charge on any atom is 0.364 e. The Balaban J connectivity index is 2.67. The highest BCUT2D eigenvalue weighted by Crippen LogP contribution is 2.05. The summed E-state index contributed by atoms with van der Waals surface area (Å²) in [5.41, 5.74) is -0.438. The topological polar surface area (TPSA) is 94.1 Å². The second kappa shape index (κ2) is 5.97. The van der Waals surface area contributed by atoms with Crippen molar-refractivity contribution in [3.8, 4) is 0 Å². The number of carbonyl (C=O) groups is 3. The van der Waals surface area contributed by atoms with Crippen molar-refractivity contribution in [1.82, 2.24) is 5.32 Å². The van der Waals surface area contributed by atoms with Gasteiger partial charge in [0, 0.05) is 19.9 Å². The van der Waals surface area contributed by atoms with Crippen LogP contribution in [0.5, 0.6) is 0 Å². The molecule has 1 unspecified atom stereocenters. The molecule has 7 heteroatoms. The van der Waals surface area contributed by atoms with Crippen molar-refractivity contribution in [2.45, 2.75) is 26.4 Å². The fourth-order valence-corrected chi connectivity index (χ4v) is 1.23. The summed E-state index contributed by atoms with van der Waals surface area (Å²) in [5, 5.41) is 5.95. The van der Waals surface area contributed by atoms with Gasteiger partial charge < -0.3 is 14.9 Å². The molecule has 1 heterocycles. The lowest BCUT2D eigenvalue weighted by atomic mass is 10.3. The molecular weight excluding hydrogens is 228 g/mol. The van der Waals surface area contributed by atoms with Gasteiger partial charge in [-0.2, -0.15) is 0 Å². The van der Waals surface area contributed by atoms with E-state index in [0.717, 1.165) is 0 Å². The molecule has 0 aromatic carbocycles. The van der Waals surface area contributed by atoms with Gasteiger partial charge >= 0.3 is 5.97 Å². The molecule has 1 saturated heterocycles. The van der Waals surface area contributed by atoms with Gasteiger partial charge in [-0.3, -0.25) is 9.59 Å². The van der Waals surface area contributed by atoms with Crippen LogP contribution in [0.4, 0.5) is 0 Å². The summed E-state index contributed by atoms with van der Waals surface area (Å²) in [5.74, 6) is -1.72. The number of oxime groups is 1. The lowest BCUT2D eigenvalue weighted by molar-refractivity contribution is -0.137. The molecule has 94 valence electrons. The summed E-state index contributed by atoms with van der Waals surface area (Å²) in [6.07, 6.45) is -0.296. The van der Waals surface area contributed by atoms with E-state index >= 15 is 0 Å². The number of nitrogens with zero attached hydrogens (tertiary/aromatic N) is 1. The summed E-state index contributed by atoms with van der Waals surface area (Å²) in [6, 6.07) is 0. The van der Waals surface area contributed by atoms with Crippen LogP contribution in [0.25, 0.3) is 0 Å². The Labute approximate surface area is 98.1 Å². The predicted octanol–water partition coefficient (Wildman–Crippen LogP) is -0.600. The third kappa shape index (κ3) is 3.54. The minimum absolute atomic E-state index is 0.134. The molecule has 0 aromatic rings. The first-order valence-corrected chi connectivity index (χ1v) is 5.25. The van der Waals surface area contributed by atoms with Crippen molar-refractivity contribution in [2.24, 2.45) is 5.16 Å². The zero-order valence-electron chi connectivity index (χ0n) is 9.69. The average Bonchev–Trinajstić information content (AvgIpc) is 2.64. The van der Waals surface area contributed by atoms with Crippen LogP contribution in [0.1, 0.15) is 20.3 Å². The maximum atomic E-state index is 11.3. The largest absolute Gasteiger partial charge is 0.461 e. The number of nitrogens with one attached hydrogen (secondary N) is 1. The maximum absolute atomic E-state index is 11.3. The first-order chi connectivity index (χ1) is 8.06. The van der Waals surface area contributed by atoms with Gasteiger partial charge in [0.15, 0.2) is 5.78 Å². The van der Waals surface area contributed by atoms with E-state index in [0.29, 0.717) is 13.0 Å². The minimum atomic E-state index is -0.849. The molecule has 1 amide bonds. The van der Waals surface area contributed by atoms with Crippen LogP contribution >= 0.6 is 0 Å².